The number of Topliss-reactive ketones (excluding diaryl/α,β-unsaturated/α-hetero) is 1. The molecule has 0 saturated carbocycles. The van der Waals surface area contributed by atoms with E-state index in [2.05, 4.69) is 15.4 Å². The highest BCUT2D eigenvalue weighted by Crippen LogP contribution is 2.23. The van der Waals surface area contributed by atoms with Gasteiger partial charge in [0.25, 0.3) is 10.0 Å². The van der Waals surface area contributed by atoms with Crippen molar-refractivity contribution in [2.45, 2.75) is 56.1 Å². The molecule has 0 fully saturated rings. The largest absolute Gasteiger partial charge is 0.503 e. The summed E-state index contributed by atoms with van der Waals surface area (Å²) in [5, 5.41) is 28.7. The van der Waals surface area contributed by atoms with Crippen molar-refractivity contribution in [1.29, 1.82) is 5.41 Å². The lowest BCUT2D eigenvalue weighted by atomic mass is 9.82. The molecule has 0 radical (unpaired) electrons. The third kappa shape index (κ3) is 8.26. The summed E-state index contributed by atoms with van der Waals surface area (Å²) in [5.41, 5.74) is 8.48. The Labute approximate surface area is 250 Å². The molecule has 2 aromatic rings. The number of fused-ring (bicyclic) bond motifs is 1. The first kappa shape index (κ1) is 33.4. The summed E-state index contributed by atoms with van der Waals surface area (Å²) in [4.78, 5) is 34.8. The first-order chi connectivity index (χ1) is 20.3. The molecule has 0 aromatic heterocycles. The van der Waals surface area contributed by atoms with Crippen LogP contribution in [-0.4, -0.2) is 73.7 Å². The van der Waals surface area contributed by atoms with E-state index >= 15 is 0 Å². The quantitative estimate of drug-likeness (QED) is 0.0703. The van der Waals surface area contributed by atoms with Gasteiger partial charge in [-0.05, 0) is 73.7 Å². The SMILES string of the molecule is CCOC(=O)[C@@]1(C(=O)[C@H](N)Cc2ccc(C)c(C(=N)NS(=O)(=O)c3ccc4c(c3)CNCC4)c2)CC=CCN1.O=C(O)O. The van der Waals surface area contributed by atoms with E-state index in [9.17, 15) is 18.0 Å². The maximum Gasteiger partial charge on any atom is 0.503 e. The zero-order valence-corrected chi connectivity index (χ0v) is 24.8. The number of sulfonamides is 1. The van der Waals surface area contributed by atoms with Crippen LogP contribution in [0.4, 0.5) is 4.79 Å². The summed E-state index contributed by atoms with van der Waals surface area (Å²) < 4.78 is 33.8. The van der Waals surface area contributed by atoms with Gasteiger partial charge in [0.1, 0.15) is 5.84 Å². The Bertz CT molecular complexity index is 1520. The Balaban J connectivity index is 0.00000119. The van der Waals surface area contributed by atoms with Gasteiger partial charge >= 0.3 is 12.1 Å². The maximum atomic E-state index is 13.4. The van der Waals surface area contributed by atoms with E-state index in [4.69, 9.17) is 30.9 Å². The Morgan fingerprint density at radius 1 is 1.14 bits per heavy atom. The van der Waals surface area contributed by atoms with Crippen LogP contribution in [0.3, 0.4) is 0 Å². The van der Waals surface area contributed by atoms with E-state index < -0.39 is 39.5 Å². The highest BCUT2D eigenvalue weighted by Gasteiger charge is 2.48. The van der Waals surface area contributed by atoms with Crippen molar-refractivity contribution in [2.24, 2.45) is 5.73 Å². The van der Waals surface area contributed by atoms with Gasteiger partial charge in [0.15, 0.2) is 11.3 Å². The third-order valence-corrected chi connectivity index (χ3v) is 8.48. The first-order valence-electron chi connectivity index (χ1n) is 13.6. The molecular formula is C29H37N5O8S. The van der Waals surface area contributed by atoms with Crippen molar-refractivity contribution in [1.82, 2.24) is 15.4 Å². The Hall–Kier alpha value is -4.11. The molecule has 8 N–H and O–H groups in total. The molecule has 14 heteroatoms. The van der Waals surface area contributed by atoms with Crippen LogP contribution < -0.4 is 21.1 Å². The molecule has 2 aromatic carbocycles. The second kappa shape index (κ2) is 14.4. The Morgan fingerprint density at radius 3 is 2.51 bits per heavy atom. The van der Waals surface area contributed by atoms with E-state index in [0.29, 0.717) is 29.8 Å². The van der Waals surface area contributed by atoms with E-state index in [1.165, 1.54) is 0 Å². The van der Waals surface area contributed by atoms with Gasteiger partial charge in [-0.15, -0.1) is 0 Å². The number of carboxylic acid groups (broad SMARTS) is 2. The minimum Gasteiger partial charge on any atom is -0.464 e. The number of benzene rings is 2. The summed E-state index contributed by atoms with van der Waals surface area (Å²) in [5.74, 6) is -1.43. The van der Waals surface area contributed by atoms with Gasteiger partial charge in [-0.1, -0.05) is 30.4 Å². The molecule has 43 heavy (non-hydrogen) atoms. The maximum absolute atomic E-state index is 13.4. The molecule has 2 heterocycles. The predicted octanol–water partition coefficient (Wildman–Crippen LogP) is 1.46. The van der Waals surface area contributed by atoms with E-state index in [1.807, 2.05) is 12.1 Å². The molecule has 13 nitrogen and oxygen atoms in total. The molecule has 0 amide bonds. The van der Waals surface area contributed by atoms with Crippen LogP contribution >= 0.6 is 0 Å². The predicted molar refractivity (Wildman–Crippen MR) is 159 cm³/mol. The topological polar surface area (TPSA) is 221 Å². The zero-order chi connectivity index (χ0) is 31.8. The number of hydrogen-bond acceptors (Lipinski definition) is 10. The number of ketones is 1. The number of carbonyl (C=O) groups is 3. The molecule has 0 unspecified atom stereocenters. The van der Waals surface area contributed by atoms with Gasteiger partial charge in [-0.3, -0.25) is 20.2 Å². The van der Waals surface area contributed by atoms with Gasteiger partial charge in [-0.25, -0.2) is 18.0 Å². The van der Waals surface area contributed by atoms with E-state index in [1.54, 1.807) is 50.3 Å². The lowest BCUT2D eigenvalue weighted by molar-refractivity contribution is -0.155. The fourth-order valence-electron chi connectivity index (χ4n) is 4.95. The molecule has 232 valence electrons. The van der Waals surface area contributed by atoms with Crippen molar-refractivity contribution in [2.75, 3.05) is 19.7 Å². The van der Waals surface area contributed by atoms with Gasteiger partial charge in [0, 0.05) is 25.1 Å². The number of esters is 1. The molecule has 0 saturated heterocycles. The number of aryl methyl sites for hydroxylation is 1. The molecular weight excluding hydrogens is 578 g/mol. The molecule has 2 atom stereocenters. The van der Waals surface area contributed by atoms with Crippen LogP contribution in [0.15, 0.2) is 53.4 Å². The smallest absolute Gasteiger partial charge is 0.464 e. The number of amidine groups is 1. The van der Waals surface area contributed by atoms with E-state index in [-0.39, 0.29) is 30.2 Å². The number of hydrogen-bond donors (Lipinski definition) is 7. The van der Waals surface area contributed by atoms with Crippen LogP contribution in [0.5, 0.6) is 0 Å². The van der Waals surface area contributed by atoms with Crippen LogP contribution in [0.25, 0.3) is 0 Å². The van der Waals surface area contributed by atoms with Crippen LogP contribution in [0.1, 0.15) is 41.2 Å². The number of rotatable bonds is 9. The Kier molecular flexibility index (Phi) is 11.2. The van der Waals surface area contributed by atoms with Crippen molar-refractivity contribution in [3.05, 3.63) is 76.4 Å². The molecule has 0 aliphatic carbocycles. The van der Waals surface area contributed by atoms with E-state index in [0.717, 1.165) is 24.1 Å². The number of ether oxygens (including phenoxy) is 1. The lowest BCUT2D eigenvalue weighted by Gasteiger charge is -2.34. The summed E-state index contributed by atoms with van der Waals surface area (Å²) in [6, 6.07) is 9.15. The summed E-state index contributed by atoms with van der Waals surface area (Å²) in [6.07, 6.45) is 2.83. The molecule has 4 rings (SSSR count). The highest BCUT2D eigenvalue weighted by atomic mass is 32.2. The number of nitrogens with one attached hydrogen (secondary N) is 4. The minimum absolute atomic E-state index is 0.0921. The second-order valence-electron chi connectivity index (χ2n) is 10.1. The average Bonchev–Trinajstić information content (AvgIpc) is 2.97. The summed E-state index contributed by atoms with van der Waals surface area (Å²) in [6.45, 7) is 5.37. The van der Waals surface area contributed by atoms with Gasteiger partial charge in [0.2, 0.25) is 0 Å². The minimum atomic E-state index is -3.99. The van der Waals surface area contributed by atoms with Crippen LogP contribution in [-0.2, 0) is 43.7 Å². The first-order valence-corrected chi connectivity index (χ1v) is 15.1. The summed E-state index contributed by atoms with van der Waals surface area (Å²) in [7, 11) is -3.99. The van der Waals surface area contributed by atoms with Crippen molar-refractivity contribution >= 4 is 33.8 Å². The molecule has 0 bridgehead atoms. The zero-order valence-electron chi connectivity index (χ0n) is 24.0. The Morgan fingerprint density at radius 2 is 1.86 bits per heavy atom. The molecule has 2 aliphatic rings. The molecule has 0 spiro atoms. The number of nitrogens with two attached hydrogens (primary N) is 1. The third-order valence-electron chi connectivity index (χ3n) is 7.13. The fraction of sp³-hybridized carbons (Fsp3) is 0.379. The number of carbonyl (C=O) groups excluding carboxylic acids is 2. The standard InChI is InChI=1S/C28H35N5O5S.CH2O3/c1-3-38-27(35)28(11-4-5-12-32-28)25(34)24(29)15-19-7-6-18(2)23(14-19)26(30)33-39(36,37)22-9-8-20-10-13-31-17-21(20)16-22;2-1(3)4/h4-9,14,16,24,31-32H,3,10-13,15,17,29H2,1-2H3,(H2,30,33);(H2,2,3,4)/t24-,28+;/m1./s1. The normalized spacial score (nSPS) is 18.3. The fourth-order valence-corrected chi connectivity index (χ4v) is 5.99. The van der Waals surface area contributed by atoms with Crippen molar-refractivity contribution < 1.29 is 37.8 Å². The van der Waals surface area contributed by atoms with Gasteiger partial charge < -0.3 is 26.0 Å². The average molecular weight is 616 g/mol. The highest BCUT2D eigenvalue weighted by molar-refractivity contribution is 7.90. The van der Waals surface area contributed by atoms with Gasteiger partial charge in [0.05, 0.1) is 17.5 Å². The van der Waals surface area contributed by atoms with Crippen LogP contribution in [0, 0.1) is 12.3 Å². The second-order valence-corrected chi connectivity index (χ2v) is 11.8. The lowest BCUT2D eigenvalue weighted by Crippen LogP contribution is -2.64. The molecule has 2 aliphatic heterocycles. The van der Waals surface area contributed by atoms with Crippen LogP contribution in [0.2, 0.25) is 0 Å². The van der Waals surface area contributed by atoms with Gasteiger partial charge in [-0.2, -0.15) is 0 Å². The van der Waals surface area contributed by atoms with Crippen molar-refractivity contribution in [3.8, 4) is 0 Å². The monoisotopic (exact) mass is 615 g/mol. The van der Waals surface area contributed by atoms with Crippen molar-refractivity contribution in [3.63, 3.8) is 0 Å². The summed E-state index contributed by atoms with van der Waals surface area (Å²) >= 11 is 0.